The van der Waals surface area contributed by atoms with Crippen molar-refractivity contribution in [3.8, 4) is 0 Å². The molecular weight excluding hydrogens is 272 g/mol. The molecule has 110 valence electrons. The normalized spacial score (nSPS) is 19.6. The molecule has 2 saturated carbocycles. The Morgan fingerprint density at radius 2 is 1.85 bits per heavy atom. The first kappa shape index (κ1) is 14.0. The third-order valence-corrected chi connectivity index (χ3v) is 6.06. The molecule has 0 spiro atoms. The molecule has 20 heavy (non-hydrogen) atoms. The molecule has 0 aromatic heterocycles. The molecule has 2 aliphatic carbocycles. The molecule has 3 N–H and O–H groups in total. The number of nitrogens with one attached hydrogen (secondary N) is 1. The number of nitrogens with two attached hydrogens (primary N) is 1. The Bertz CT molecular complexity index is 592. The first-order valence-electron chi connectivity index (χ1n) is 7.34. The van der Waals surface area contributed by atoms with Crippen molar-refractivity contribution in [2.45, 2.75) is 50.1 Å². The molecule has 0 heterocycles. The van der Waals surface area contributed by atoms with Gasteiger partial charge in [0.2, 0.25) is 10.0 Å². The third kappa shape index (κ3) is 2.75. The molecule has 0 saturated heterocycles. The highest BCUT2D eigenvalue weighted by Gasteiger charge is 2.43. The van der Waals surface area contributed by atoms with Crippen molar-refractivity contribution in [2.24, 2.45) is 17.6 Å². The topological polar surface area (TPSA) is 72.2 Å². The summed E-state index contributed by atoms with van der Waals surface area (Å²) in [7, 11) is -3.44. The molecule has 2 aliphatic rings. The van der Waals surface area contributed by atoms with Gasteiger partial charge < -0.3 is 5.73 Å². The van der Waals surface area contributed by atoms with Crippen molar-refractivity contribution in [3.63, 3.8) is 0 Å². The maximum Gasteiger partial charge on any atom is 0.241 e. The number of hydrogen-bond acceptors (Lipinski definition) is 3. The Balaban J connectivity index is 1.87. The van der Waals surface area contributed by atoms with Crippen LogP contribution in [0.15, 0.2) is 23.1 Å². The molecule has 1 aromatic carbocycles. The summed E-state index contributed by atoms with van der Waals surface area (Å²) < 4.78 is 28.2. The van der Waals surface area contributed by atoms with Crippen LogP contribution in [0.1, 0.15) is 36.8 Å². The van der Waals surface area contributed by atoms with Gasteiger partial charge in [0.25, 0.3) is 0 Å². The standard InChI is InChI=1S/C15H22N2O2S/c1-10-13(9-16)3-2-4-14(10)20(18,19)17-15(11-5-6-11)12-7-8-12/h2-4,11-12,15,17H,5-9,16H2,1H3. The van der Waals surface area contributed by atoms with Crippen molar-refractivity contribution in [2.75, 3.05) is 0 Å². The Kier molecular flexibility index (Phi) is 3.60. The zero-order valence-corrected chi connectivity index (χ0v) is 12.6. The second kappa shape index (κ2) is 5.13. The Hall–Kier alpha value is -0.910. The van der Waals surface area contributed by atoms with Crippen LogP contribution in [0.5, 0.6) is 0 Å². The summed E-state index contributed by atoms with van der Waals surface area (Å²) in [4.78, 5) is 0.381. The van der Waals surface area contributed by atoms with Crippen LogP contribution >= 0.6 is 0 Å². The van der Waals surface area contributed by atoms with Crippen LogP contribution in [0.3, 0.4) is 0 Å². The predicted molar refractivity (Wildman–Crippen MR) is 78.6 cm³/mol. The van der Waals surface area contributed by atoms with E-state index >= 15 is 0 Å². The van der Waals surface area contributed by atoms with Crippen molar-refractivity contribution in [3.05, 3.63) is 29.3 Å². The molecular formula is C15H22N2O2S. The molecule has 0 unspecified atom stereocenters. The van der Waals surface area contributed by atoms with Crippen LogP contribution < -0.4 is 10.5 Å². The van der Waals surface area contributed by atoms with E-state index in [1.165, 1.54) is 0 Å². The summed E-state index contributed by atoms with van der Waals surface area (Å²) in [5.41, 5.74) is 7.33. The maximum absolute atomic E-state index is 12.6. The van der Waals surface area contributed by atoms with Gasteiger partial charge in [0.1, 0.15) is 0 Å². The first-order chi connectivity index (χ1) is 9.53. The molecule has 0 atom stereocenters. The minimum Gasteiger partial charge on any atom is -0.326 e. The summed E-state index contributed by atoms with van der Waals surface area (Å²) >= 11 is 0. The summed E-state index contributed by atoms with van der Waals surface area (Å²) in [6.45, 7) is 2.20. The van der Waals surface area contributed by atoms with Crippen molar-refractivity contribution in [1.29, 1.82) is 0 Å². The highest BCUT2D eigenvalue weighted by Crippen LogP contribution is 2.45. The van der Waals surface area contributed by atoms with Gasteiger partial charge in [-0.15, -0.1) is 0 Å². The van der Waals surface area contributed by atoms with E-state index in [9.17, 15) is 8.42 Å². The lowest BCUT2D eigenvalue weighted by atomic mass is 10.1. The van der Waals surface area contributed by atoms with E-state index in [-0.39, 0.29) is 6.04 Å². The highest BCUT2D eigenvalue weighted by atomic mass is 32.2. The minimum absolute atomic E-state index is 0.140. The fraction of sp³-hybridized carbons (Fsp3) is 0.600. The Morgan fingerprint density at radius 3 is 2.35 bits per heavy atom. The molecule has 0 aliphatic heterocycles. The smallest absolute Gasteiger partial charge is 0.241 e. The van der Waals surface area contributed by atoms with Gasteiger partial charge in [-0.25, -0.2) is 13.1 Å². The second-order valence-corrected chi connectivity index (χ2v) is 7.75. The van der Waals surface area contributed by atoms with E-state index in [1.54, 1.807) is 12.1 Å². The van der Waals surface area contributed by atoms with E-state index in [1.807, 2.05) is 13.0 Å². The Labute approximate surface area is 120 Å². The van der Waals surface area contributed by atoms with Gasteiger partial charge in [0.05, 0.1) is 4.90 Å². The molecule has 0 bridgehead atoms. The number of rotatable bonds is 6. The van der Waals surface area contributed by atoms with E-state index in [2.05, 4.69) is 4.72 Å². The van der Waals surface area contributed by atoms with Crippen LogP contribution in [-0.4, -0.2) is 14.5 Å². The number of sulfonamides is 1. The van der Waals surface area contributed by atoms with E-state index in [0.29, 0.717) is 23.3 Å². The molecule has 2 fully saturated rings. The lowest BCUT2D eigenvalue weighted by Gasteiger charge is -2.19. The first-order valence-corrected chi connectivity index (χ1v) is 8.82. The predicted octanol–water partition coefficient (Wildman–Crippen LogP) is 1.92. The summed E-state index contributed by atoms with van der Waals surface area (Å²) in [5, 5.41) is 0. The second-order valence-electron chi connectivity index (χ2n) is 6.07. The van der Waals surface area contributed by atoms with Crippen molar-refractivity contribution < 1.29 is 8.42 Å². The quantitative estimate of drug-likeness (QED) is 0.842. The summed E-state index contributed by atoms with van der Waals surface area (Å²) in [6.07, 6.45) is 4.63. The minimum atomic E-state index is -3.44. The van der Waals surface area contributed by atoms with Gasteiger partial charge in [-0.1, -0.05) is 12.1 Å². The van der Waals surface area contributed by atoms with Gasteiger partial charge in [-0.05, 0) is 61.6 Å². The third-order valence-electron chi connectivity index (χ3n) is 4.46. The van der Waals surface area contributed by atoms with E-state index in [0.717, 1.165) is 36.8 Å². The molecule has 3 rings (SSSR count). The van der Waals surface area contributed by atoms with Gasteiger partial charge in [-0.2, -0.15) is 0 Å². The summed E-state index contributed by atoms with van der Waals surface area (Å²) in [6, 6.07) is 5.47. The molecule has 1 aromatic rings. The largest absolute Gasteiger partial charge is 0.326 e. The highest BCUT2D eigenvalue weighted by molar-refractivity contribution is 7.89. The Morgan fingerprint density at radius 1 is 1.25 bits per heavy atom. The lowest BCUT2D eigenvalue weighted by Crippen LogP contribution is -2.38. The van der Waals surface area contributed by atoms with Crippen LogP contribution in [0.25, 0.3) is 0 Å². The summed E-state index contributed by atoms with van der Waals surface area (Å²) in [5.74, 6) is 1.10. The van der Waals surface area contributed by atoms with Gasteiger partial charge in [-0.3, -0.25) is 0 Å². The SMILES string of the molecule is Cc1c(CN)cccc1S(=O)(=O)NC(C1CC1)C1CC1. The van der Waals surface area contributed by atoms with Crippen molar-refractivity contribution >= 4 is 10.0 Å². The molecule has 0 amide bonds. The fourth-order valence-corrected chi connectivity index (χ4v) is 4.56. The van der Waals surface area contributed by atoms with Crippen LogP contribution in [-0.2, 0) is 16.6 Å². The number of hydrogen-bond donors (Lipinski definition) is 2. The van der Waals surface area contributed by atoms with Crippen molar-refractivity contribution in [1.82, 2.24) is 4.72 Å². The monoisotopic (exact) mass is 294 g/mol. The van der Waals surface area contributed by atoms with Crippen LogP contribution in [0.4, 0.5) is 0 Å². The number of benzene rings is 1. The maximum atomic E-state index is 12.6. The van der Waals surface area contributed by atoms with Gasteiger partial charge in [0.15, 0.2) is 0 Å². The molecule has 0 radical (unpaired) electrons. The van der Waals surface area contributed by atoms with Crippen LogP contribution in [0, 0.1) is 18.8 Å². The molecule has 4 nitrogen and oxygen atoms in total. The van der Waals surface area contributed by atoms with Gasteiger partial charge in [0, 0.05) is 12.6 Å². The van der Waals surface area contributed by atoms with Gasteiger partial charge >= 0.3 is 0 Å². The lowest BCUT2D eigenvalue weighted by molar-refractivity contribution is 0.471. The zero-order chi connectivity index (χ0) is 14.3. The van der Waals surface area contributed by atoms with Crippen LogP contribution in [0.2, 0.25) is 0 Å². The van der Waals surface area contributed by atoms with E-state index < -0.39 is 10.0 Å². The van der Waals surface area contributed by atoms with E-state index in [4.69, 9.17) is 5.73 Å². The zero-order valence-electron chi connectivity index (χ0n) is 11.8. The fourth-order valence-electron chi connectivity index (χ4n) is 2.90. The average Bonchev–Trinajstić information content (AvgIpc) is 3.29. The average molecular weight is 294 g/mol. The molecule has 5 heteroatoms.